The van der Waals surface area contributed by atoms with E-state index in [1.54, 1.807) is 0 Å². The summed E-state index contributed by atoms with van der Waals surface area (Å²) in [5.74, 6) is -0.966. The summed E-state index contributed by atoms with van der Waals surface area (Å²) in [4.78, 5) is 0. The molecule has 6 rings (SSSR count). The Labute approximate surface area is 132 Å². The molecule has 124 valence electrons. The predicted molar refractivity (Wildman–Crippen MR) is 82.7 cm³/mol. The Hall–Kier alpha value is -0.440. The van der Waals surface area contributed by atoms with Gasteiger partial charge in [0.15, 0.2) is 0 Å². The zero-order chi connectivity index (χ0) is 15.6. The first-order valence-corrected chi connectivity index (χ1v) is 9.01. The van der Waals surface area contributed by atoms with Gasteiger partial charge in [-0.25, -0.2) is 8.78 Å². The van der Waals surface area contributed by atoms with Crippen LogP contribution in [-0.2, 0) is 4.74 Å². The molecule has 0 unspecified atom stereocenters. The van der Waals surface area contributed by atoms with Crippen molar-refractivity contribution in [1.29, 1.82) is 0 Å². The van der Waals surface area contributed by atoms with Crippen molar-refractivity contribution >= 4 is 0 Å². The summed E-state index contributed by atoms with van der Waals surface area (Å²) in [5, 5.41) is 0. The molecule has 4 saturated carbocycles. The fourth-order valence-corrected chi connectivity index (χ4v) is 5.27. The standard InChI is InChI=1S/C19H28F2O/c1-16-3-10-19(11-4-16,12-5-16)22-13-18-8-6-17(2,7-9-18)14(20)15(18)21/h3-13H2,1-2H3. The summed E-state index contributed by atoms with van der Waals surface area (Å²) >= 11 is 0. The molecule has 0 aromatic heterocycles. The smallest absolute Gasteiger partial charge is 0.140 e. The Morgan fingerprint density at radius 1 is 0.773 bits per heavy atom. The summed E-state index contributed by atoms with van der Waals surface area (Å²) in [6.07, 6.45) is 10.0. The van der Waals surface area contributed by atoms with Gasteiger partial charge in [-0.05, 0) is 69.6 Å². The van der Waals surface area contributed by atoms with Crippen molar-refractivity contribution < 1.29 is 13.5 Å². The molecular weight excluding hydrogens is 282 g/mol. The van der Waals surface area contributed by atoms with Crippen LogP contribution in [0.1, 0.15) is 78.1 Å². The number of hydrogen-bond donors (Lipinski definition) is 0. The third-order valence-electron chi connectivity index (χ3n) is 7.71. The quantitative estimate of drug-likeness (QED) is 0.635. The Morgan fingerprint density at radius 2 is 1.32 bits per heavy atom. The van der Waals surface area contributed by atoms with E-state index in [0.29, 0.717) is 12.0 Å². The van der Waals surface area contributed by atoms with E-state index in [2.05, 4.69) is 6.92 Å². The van der Waals surface area contributed by atoms with Crippen molar-refractivity contribution in [3.05, 3.63) is 11.7 Å². The van der Waals surface area contributed by atoms with E-state index in [9.17, 15) is 8.78 Å². The maximum atomic E-state index is 14.7. The third-order valence-corrected chi connectivity index (χ3v) is 7.71. The zero-order valence-electron chi connectivity index (χ0n) is 13.9. The molecule has 0 amide bonds. The lowest BCUT2D eigenvalue weighted by atomic mass is 9.57. The van der Waals surface area contributed by atoms with Crippen LogP contribution in [0.3, 0.4) is 0 Å². The van der Waals surface area contributed by atoms with Gasteiger partial charge in [-0.3, -0.25) is 0 Å². The number of allylic oxidation sites excluding steroid dienone is 1. The second kappa shape index (κ2) is 4.55. The van der Waals surface area contributed by atoms with Crippen LogP contribution in [0.15, 0.2) is 11.7 Å². The monoisotopic (exact) mass is 310 g/mol. The number of fused-ring (bicyclic) bond motifs is 5. The second-order valence-electron chi connectivity index (χ2n) is 9.25. The molecule has 3 heteroatoms. The van der Waals surface area contributed by atoms with Crippen molar-refractivity contribution in [3.63, 3.8) is 0 Å². The summed E-state index contributed by atoms with van der Waals surface area (Å²) < 4.78 is 35.4. The first-order chi connectivity index (χ1) is 10.3. The Balaban J connectivity index is 1.50. The summed E-state index contributed by atoms with van der Waals surface area (Å²) in [5.41, 5.74) is -0.726. The predicted octanol–water partition coefficient (Wildman–Crippen LogP) is 5.85. The van der Waals surface area contributed by atoms with E-state index in [4.69, 9.17) is 4.74 Å². The number of halogens is 2. The maximum absolute atomic E-state index is 14.7. The van der Waals surface area contributed by atoms with Gasteiger partial charge in [0.1, 0.15) is 11.7 Å². The molecule has 0 N–H and O–H groups in total. The molecule has 0 aromatic carbocycles. The van der Waals surface area contributed by atoms with Crippen LogP contribution in [-0.4, -0.2) is 12.2 Å². The number of ether oxygens (including phenoxy) is 1. The molecule has 6 aliphatic carbocycles. The van der Waals surface area contributed by atoms with E-state index in [1.807, 2.05) is 6.92 Å². The molecule has 0 aliphatic heterocycles. The van der Waals surface area contributed by atoms with Crippen LogP contribution >= 0.6 is 0 Å². The van der Waals surface area contributed by atoms with Crippen molar-refractivity contribution in [3.8, 4) is 0 Å². The van der Waals surface area contributed by atoms with Gasteiger partial charge in [0.05, 0.1) is 12.2 Å². The Bertz CT molecular complexity index is 489. The minimum absolute atomic E-state index is 0.0402. The van der Waals surface area contributed by atoms with Crippen LogP contribution in [0.4, 0.5) is 8.78 Å². The molecule has 1 nitrogen and oxygen atoms in total. The molecule has 0 heterocycles. The summed E-state index contributed by atoms with van der Waals surface area (Å²) in [7, 11) is 0. The SMILES string of the molecule is CC12CCC(OCC34CCC(C)(CC3)C(F)=C4F)(CC1)CC2. The fourth-order valence-electron chi connectivity index (χ4n) is 5.27. The molecule has 4 bridgehead atoms. The van der Waals surface area contributed by atoms with Crippen LogP contribution < -0.4 is 0 Å². The van der Waals surface area contributed by atoms with Gasteiger partial charge in [0.2, 0.25) is 0 Å². The van der Waals surface area contributed by atoms with Gasteiger partial charge in [0.25, 0.3) is 0 Å². The molecular formula is C19H28F2O. The van der Waals surface area contributed by atoms with E-state index in [0.717, 1.165) is 44.9 Å². The highest BCUT2D eigenvalue weighted by Gasteiger charge is 2.55. The molecule has 0 aromatic rings. The normalized spacial score (nSPS) is 50.7. The fraction of sp³-hybridized carbons (Fsp3) is 0.895. The summed E-state index contributed by atoms with van der Waals surface area (Å²) in [6, 6.07) is 0. The van der Waals surface area contributed by atoms with E-state index >= 15 is 0 Å². The van der Waals surface area contributed by atoms with E-state index < -0.39 is 22.5 Å². The number of rotatable bonds is 3. The lowest BCUT2D eigenvalue weighted by molar-refractivity contribution is -0.160. The van der Waals surface area contributed by atoms with E-state index in [-0.39, 0.29) is 5.60 Å². The van der Waals surface area contributed by atoms with Crippen molar-refractivity contribution in [2.24, 2.45) is 16.2 Å². The van der Waals surface area contributed by atoms with Gasteiger partial charge >= 0.3 is 0 Å². The second-order valence-corrected chi connectivity index (χ2v) is 9.25. The molecule has 0 radical (unpaired) electrons. The van der Waals surface area contributed by atoms with Crippen molar-refractivity contribution in [2.45, 2.75) is 83.7 Å². The van der Waals surface area contributed by atoms with Crippen LogP contribution in [0.5, 0.6) is 0 Å². The minimum Gasteiger partial charge on any atom is -0.374 e. The van der Waals surface area contributed by atoms with Crippen LogP contribution in [0.25, 0.3) is 0 Å². The first kappa shape index (κ1) is 15.1. The van der Waals surface area contributed by atoms with Crippen LogP contribution in [0.2, 0.25) is 0 Å². The zero-order valence-corrected chi connectivity index (χ0v) is 13.9. The van der Waals surface area contributed by atoms with Gasteiger partial charge in [0, 0.05) is 10.8 Å². The average Bonchev–Trinajstić information content (AvgIpc) is 2.54. The summed E-state index contributed by atoms with van der Waals surface area (Å²) in [6.45, 7) is 4.64. The largest absolute Gasteiger partial charge is 0.374 e. The molecule has 0 saturated heterocycles. The highest BCUT2D eigenvalue weighted by atomic mass is 19.2. The first-order valence-electron chi connectivity index (χ1n) is 9.01. The maximum Gasteiger partial charge on any atom is 0.140 e. The minimum atomic E-state index is -0.658. The third kappa shape index (κ3) is 2.03. The Kier molecular flexibility index (Phi) is 3.13. The topological polar surface area (TPSA) is 9.23 Å². The average molecular weight is 310 g/mol. The van der Waals surface area contributed by atoms with Crippen molar-refractivity contribution in [1.82, 2.24) is 0 Å². The lowest BCUT2D eigenvalue weighted by Gasteiger charge is -2.54. The molecule has 6 aliphatic rings. The Morgan fingerprint density at radius 3 is 1.86 bits per heavy atom. The molecule has 4 fully saturated rings. The number of hydrogen-bond acceptors (Lipinski definition) is 1. The van der Waals surface area contributed by atoms with E-state index in [1.165, 1.54) is 19.3 Å². The highest BCUT2D eigenvalue weighted by Crippen LogP contribution is 2.61. The van der Waals surface area contributed by atoms with Gasteiger partial charge < -0.3 is 4.74 Å². The molecule has 0 atom stereocenters. The lowest BCUT2D eigenvalue weighted by Crippen LogP contribution is -2.50. The molecule has 22 heavy (non-hydrogen) atoms. The van der Waals surface area contributed by atoms with Crippen LogP contribution in [0, 0.1) is 16.2 Å². The molecule has 0 spiro atoms. The van der Waals surface area contributed by atoms with Gasteiger partial charge in [-0.15, -0.1) is 0 Å². The van der Waals surface area contributed by atoms with Gasteiger partial charge in [-0.2, -0.15) is 0 Å². The van der Waals surface area contributed by atoms with Gasteiger partial charge in [-0.1, -0.05) is 13.8 Å². The van der Waals surface area contributed by atoms with Crippen molar-refractivity contribution in [2.75, 3.05) is 6.61 Å². The highest BCUT2D eigenvalue weighted by molar-refractivity contribution is 5.26.